The number of tetrazole rings is 1. The Hall–Kier alpha value is -5.40. The van der Waals surface area contributed by atoms with E-state index in [1.54, 1.807) is 53.5 Å². The van der Waals surface area contributed by atoms with Crippen LogP contribution in [-0.4, -0.2) is 53.2 Å². The first-order chi connectivity index (χ1) is 24.9. The van der Waals surface area contributed by atoms with Crippen molar-refractivity contribution in [3.63, 3.8) is 0 Å². The third kappa shape index (κ3) is 8.00. The van der Waals surface area contributed by atoms with Crippen LogP contribution in [0.25, 0.3) is 16.8 Å². The van der Waals surface area contributed by atoms with Gasteiger partial charge in [-0.3, -0.25) is 9.78 Å². The van der Waals surface area contributed by atoms with Gasteiger partial charge in [0.05, 0.1) is 30.1 Å². The van der Waals surface area contributed by atoms with Crippen LogP contribution in [0.1, 0.15) is 51.9 Å². The standard InChI is InChI=1S/C39H36N6O5S/c1-25-35(24-51-39-42-43-44-45(39)33-14-16-34(47)17-15-33)49-38(50-36(25)28-12-10-26(23-46)11-13-28)31-8-3-7-30(20-31)29-6-2-5-27(19-29)21-41-37(48)32-9-4-18-40-22-32/h2-20,22,25,35-36,38,46-47H,21,23-24H2,1H3,(H,41,48). The molecule has 1 amide bonds. The molecule has 11 nitrogen and oxygen atoms in total. The molecule has 0 bridgehead atoms. The summed E-state index contributed by atoms with van der Waals surface area (Å²) in [6, 6.07) is 34.2. The SMILES string of the molecule is CC1C(CSc2nnnn2-c2ccc(O)cc2)OC(c2cccc(-c3cccc(CNC(=O)c4cccnc4)c3)c2)OC1c1ccc(CO)cc1. The Bertz CT molecular complexity index is 2080. The number of hydrogen-bond acceptors (Lipinski definition) is 10. The minimum atomic E-state index is -0.663. The molecule has 1 fully saturated rings. The lowest BCUT2D eigenvalue weighted by Crippen LogP contribution is -2.38. The molecule has 0 spiro atoms. The summed E-state index contributed by atoms with van der Waals surface area (Å²) >= 11 is 1.49. The minimum Gasteiger partial charge on any atom is -0.508 e. The zero-order valence-electron chi connectivity index (χ0n) is 27.7. The fourth-order valence-electron chi connectivity index (χ4n) is 6.00. The monoisotopic (exact) mass is 700 g/mol. The van der Waals surface area contributed by atoms with E-state index in [1.807, 2.05) is 60.7 Å². The van der Waals surface area contributed by atoms with E-state index in [0.717, 1.165) is 39.1 Å². The molecular formula is C39H36N6O5S. The molecule has 2 aromatic heterocycles. The fourth-order valence-corrected chi connectivity index (χ4v) is 7.05. The molecule has 0 radical (unpaired) electrons. The highest BCUT2D eigenvalue weighted by atomic mass is 32.2. The van der Waals surface area contributed by atoms with Gasteiger partial charge in [0.15, 0.2) is 6.29 Å². The number of aromatic nitrogens is 5. The van der Waals surface area contributed by atoms with Gasteiger partial charge in [-0.1, -0.05) is 79.3 Å². The van der Waals surface area contributed by atoms with Crippen LogP contribution in [0.5, 0.6) is 5.75 Å². The van der Waals surface area contributed by atoms with Crippen molar-refractivity contribution >= 4 is 17.7 Å². The largest absolute Gasteiger partial charge is 0.508 e. The molecule has 4 unspecified atom stereocenters. The van der Waals surface area contributed by atoms with Gasteiger partial charge in [-0.15, -0.1) is 5.10 Å². The molecule has 4 aromatic carbocycles. The summed E-state index contributed by atoms with van der Waals surface area (Å²) in [7, 11) is 0. The molecular weight excluding hydrogens is 665 g/mol. The van der Waals surface area contributed by atoms with Gasteiger partial charge >= 0.3 is 0 Å². The van der Waals surface area contributed by atoms with Gasteiger partial charge in [-0.2, -0.15) is 4.68 Å². The topological polar surface area (TPSA) is 145 Å². The third-order valence-corrected chi connectivity index (χ3v) is 9.84. The summed E-state index contributed by atoms with van der Waals surface area (Å²) in [4.78, 5) is 16.6. The molecule has 4 atom stereocenters. The average Bonchev–Trinajstić information content (AvgIpc) is 3.66. The lowest BCUT2D eigenvalue weighted by atomic mass is 9.91. The second-order valence-electron chi connectivity index (χ2n) is 12.3. The van der Waals surface area contributed by atoms with Crippen LogP contribution in [0.15, 0.2) is 127 Å². The Morgan fingerprint density at radius 1 is 0.882 bits per heavy atom. The molecule has 3 N–H and O–H groups in total. The quantitative estimate of drug-likeness (QED) is 0.129. The van der Waals surface area contributed by atoms with Crippen molar-refractivity contribution in [3.8, 4) is 22.6 Å². The van der Waals surface area contributed by atoms with E-state index in [9.17, 15) is 15.0 Å². The number of benzene rings is 4. The van der Waals surface area contributed by atoms with Crippen LogP contribution in [0.4, 0.5) is 0 Å². The number of nitrogens with one attached hydrogen (secondary N) is 1. The number of pyridine rings is 1. The van der Waals surface area contributed by atoms with Crippen LogP contribution >= 0.6 is 11.8 Å². The molecule has 12 heteroatoms. The number of nitrogens with zero attached hydrogens (tertiary/aromatic N) is 5. The van der Waals surface area contributed by atoms with Gasteiger partial charge in [0.2, 0.25) is 5.16 Å². The summed E-state index contributed by atoms with van der Waals surface area (Å²) in [5.74, 6) is 0.503. The molecule has 0 saturated carbocycles. The summed E-state index contributed by atoms with van der Waals surface area (Å²) in [6.07, 6.45) is 2.00. The Morgan fingerprint density at radius 2 is 1.67 bits per heavy atom. The van der Waals surface area contributed by atoms with Crippen LogP contribution in [0.2, 0.25) is 0 Å². The van der Waals surface area contributed by atoms with Crippen LogP contribution in [0, 0.1) is 5.92 Å². The third-order valence-electron chi connectivity index (χ3n) is 8.83. The van der Waals surface area contributed by atoms with Crippen molar-refractivity contribution in [1.82, 2.24) is 30.5 Å². The first-order valence-electron chi connectivity index (χ1n) is 16.5. The fraction of sp³-hybridized carbons (Fsp3) is 0.205. The van der Waals surface area contributed by atoms with E-state index >= 15 is 0 Å². The van der Waals surface area contributed by atoms with Crippen molar-refractivity contribution in [2.75, 3.05) is 5.75 Å². The number of carbonyl (C=O) groups excluding carboxylic acids is 1. The number of aromatic hydroxyl groups is 1. The van der Waals surface area contributed by atoms with Crippen molar-refractivity contribution in [2.24, 2.45) is 5.92 Å². The predicted molar refractivity (Wildman–Crippen MR) is 192 cm³/mol. The number of ether oxygens (including phenoxy) is 2. The van der Waals surface area contributed by atoms with Gasteiger partial charge in [-0.25, -0.2) is 0 Å². The number of aliphatic hydroxyl groups is 1. The predicted octanol–water partition coefficient (Wildman–Crippen LogP) is 6.44. The molecule has 6 aromatic rings. The lowest BCUT2D eigenvalue weighted by molar-refractivity contribution is -0.268. The van der Waals surface area contributed by atoms with Gasteiger partial charge < -0.3 is 25.0 Å². The van der Waals surface area contributed by atoms with Crippen molar-refractivity contribution in [2.45, 2.75) is 43.7 Å². The number of carbonyl (C=O) groups is 1. The molecule has 1 saturated heterocycles. The highest BCUT2D eigenvalue weighted by Gasteiger charge is 2.38. The van der Waals surface area contributed by atoms with E-state index < -0.39 is 6.29 Å². The van der Waals surface area contributed by atoms with E-state index in [-0.39, 0.29) is 36.4 Å². The molecule has 51 heavy (non-hydrogen) atoms. The Morgan fingerprint density at radius 3 is 2.43 bits per heavy atom. The summed E-state index contributed by atoms with van der Waals surface area (Å²) < 4.78 is 15.1. The van der Waals surface area contributed by atoms with E-state index in [2.05, 4.69) is 44.9 Å². The van der Waals surface area contributed by atoms with Crippen LogP contribution in [-0.2, 0) is 22.6 Å². The van der Waals surface area contributed by atoms with E-state index in [4.69, 9.17) is 9.47 Å². The Balaban J connectivity index is 1.12. The summed E-state index contributed by atoms with van der Waals surface area (Å²) in [6.45, 7) is 2.46. The van der Waals surface area contributed by atoms with Crippen molar-refractivity contribution in [1.29, 1.82) is 0 Å². The van der Waals surface area contributed by atoms with Gasteiger partial charge in [0, 0.05) is 36.2 Å². The molecule has 0 aliphatic carbocycles. The van der Waals surface area contributed by atoms with Gasteiger partial charge in [-0.05, 0) is 86.8 Å². The number of hydrogen-bond donors (Lipinski definition) is 3. The Labute approximate surface area is 299 Å². The number of rotatable bonds is 11. The summed E-state index contributed by atoms with van der Waals surface area (Å²) in [5, 5.41) is 35.3. The number of amides is 1. The molecule has 1 aliphatic rings. The zero-order chi connectivity index (χ0) is 35.2. The zero-order valence-corrected chi connectivity index (χ0v) is 28.6. The average molecular weight is 701 g/mol. The van der Waals surface area contributed by atoms with Crippen molar-refractivity contribution in [3.05, 3.63) is 149 Å². The first kappa shape index (κ1) is 34.1. The second kappa shape index (κ2) is 15.7. The molecule has 7 rings (SSSR count). The summed E-state index contributed by atoms with van der Waals surface area (Å²) in [5.41, 5.74) is 6.89. The van der Waals surface area contributed by atoms with Crippen LogP contribution < -0.4 is 5.32 Å². The molecule has 1 aliphatic heterocycles. The number of phenolic OH excluding ortho intramolecular Hbond substituents is 1. The Kier molecular flexibility index (Phi) is 10.5. The molecule has 3 heterocycles. The minimum absolute atomic E-state index is 0.0338. The van der Waals surface area contributed by atoms with Gasteiger partial charge in [0.1, 0.15) is 5.75 Å². The number of thioether (sulfide) groups is 1. The lowest BCUT2D eigenvalue weighted by Gasteiger charge is -2.41. The van der Waals surface area contributed by atoms with E-state index in [1.165, 1.54) is 11.8 Å². The van der Waals surface area contributed by atoms with Crippen molar-refractivity contribution < 1.29 is 24.5 Å². The highest BCUT2D eigenvalue weighted by Crippen LogP contribution is 2.43. The first-order valence-corrected chi connectivity index (χ1v) is 17.5. The molecule has 258 valence electrons. The normalized spacial score (nSPS) is 18.7. The maximum atomic E-state index is 12.6. The number of phenols is 1. The van der Waals surface area contributed by atoms with Crippen LogP contribution in [0.3, 0.4) is 0 Å². The number of aliphatic hydroxyl groups excluding tert-OH is 1. The smallest absolute Gasteiger partial charge is 0.253 e. The van der Waals surface area contributed by atoms with Gasteiger partial charge in [0.25, 0.3) is 5.91 Å². The highest BCUT2D eigenvalue weighted by molar-refractivity contribution is 7.99. The maximum absolute atomic E-state index is 12.6. The second-order valence-corrected chi connectivity index (χ2v) is 13.3. The van der Waals surface area contributed by atoms with E-state index in [0.29, 0.717) is 23.0 Å². The maximum Gasteiger partial charge on any atom is 0.253 e.